The van der Waals surface area contributed by atoms with Crippen LogP contribution in [0.15, 0.2) is 24.3 Å². The molecule has 0 bridgehead atoms. The van der Waals surface area contributed by atoms with E-state index in [4.69, 9.17) is 5.73 Å². The van der Waals surface area contributed by atoms with Gasteiger partial charge in [-0.1, -0.05) is 25.1 Å². The highest BCUT2D eigenvalue weighted by Gasteiger charge is 2.31. The maximum atomic E-state index is 11.6. The standard InChI is InChI=1S/C15H24N2O2S/c1-3-13(16)10-12-6-4-5-7-15(12)17(2)14-8-9-20(18,19)11-14/h4-7,13-14H,3,8-11,16H2,1-2H3. The molecule has 1 aliphatic rings. The molecule has 1 aliphatic heterocycles. The predicted molar refractivity (Wildman–Crippen MR) is 83.9 cm³/mol. The highest BCUT2D eigenvalue weighted by atomic mass is 32.2. The summed E-state index contributed by atoms with van der Waals surface area (Å²) in [5.41, 5.74) is 8.37. The van der Waals surface area contributed by atoms with Crippen LogP contribution in [-0.4, -0.2) is 39.1 Å². The third-order valence-corrected chi connectivity index (χ3v) is 5.88. The molecule has 1 aromatic carbocycles. The summed E-state index contributed by atoms with van der Waals surface area (Å²) in [7, 11) is -0.867. The molecule has 0 aliphatic carbocycles. The summed E-state index contributed by atoms with van der Waals surface area (Å²) in [6.45, 7) is 2.08. The van der Waals surface area contributed by atoms with Gasteiger partial charge < -0.3 is 10.6 Å². The molecule has 0 spiro atoms. The Morgan fingerprint density at radius 1 is 1.40 bits per heavy atom. The number of para-hydroxylation sites is 1. The van der Waals surface area contributed by atoms with Gasteiger partial charge in [-0.2, -0.15) is 0 Å². The highest BCUT2D eigenvalue weighted by molar-refractivity contribution is 7.91. The van der Waals surface area contributed by atoms with Gasteiger partial charge >= 0.3 is 0 Å². The van der Waals surface area contributed by atoms with E-state index < -0.39 is 9.84 Å². The Hall–Kier alpha value is -1.07. The Labute approximate surface area is 121 Å². The van der Waals surface area contributed by atoms with E-state index in [9.17, 15) is 8.42 Å². The lowest BCUT2D eigenvalue weighted by Crippen LogP contribution is -2.34. The summed E-state index contributed by atoms with van der Waals surface area (Å²) in [6, 6.07) is 8.39. The molecule has 5 heteroatoms. The molecule has 4 nitrogen and oxygen atoms in total. The molecule has 1 fully saturated rings. The molecule has 0 saturated carbocycles. The van der Waals surface area contributed by atoms with Gasteiger partial charge in [0, 0.05) is 24.8 Å². The average Bonchev–Trinajstić information content (AvgIpc) is 2.79. The Bertz CT molecular complexity index is 557. The van der Waals surface area contributed by atoms with Crippen LogP contribution < -0.4 is 10.6 Å². The van der Waals surface area contributed by atoms with Gasteiger partial charge in [0.2, 0.25) is 0 Å². The predicted octanol–water partition coefficient (Wildman–Crippen LogP) is 1.59. The van der Waals surface area contributed by atoms with Crippen molar-refractivity contribution in [2.75, 3.05) is 23.5 Å². The van der Waals surface area contributed by atoms with Gasteiger partial charge in [0.1, 0.15) is 0 Å². The minimum Gasteiger partial charge on any atom is -0.370 e. The van der Waals surface area contributed by atoms with Crippen molar-refractivity contribution in [1.82, 2.24) is 0 Å². The average molecular weight is 296 g/mol. The maximum absolute atomic E-state index is 11.6. The number of hydrogen-bond acceptors (Lipinski definition) is 4. The zero-order valence-corrected chi connectivity index (χ0v) is 13.1. The third-order valence-electron chi connectivity index (χ3n) is 4.13. The summed E-state index contributed by atoms with van der Waals surface area (Å²) in [5.74, 6) is 0.566. The van der Waals surface area contributed by atoms with Crippen molar-refractivity contribution in [2.24, 2.45) is 5.73 Å². The lowest BCUT2D eigenvalue weighted by molar-refractivity contribution is 0.600. The molecule has 1 aromatic rings. The van der Waals surface area contributed by atoms with Gasteiger partial charge in [-0.15, -0.1) is 0 Å². The Morgan fingerprint density at radius 3 is 2.70 bits per heavy atom. The van der Waals surface area contributed by atoms with Crippen LogP contribution in [-0.2, 0) is 16.3 Å². The summed E-state index contributed by atoms with van der Waals surface area (Å²) in [4.78, 5) is 2.11. The normalized spacial score (nSPS) is 22.6. The summed E-state index contributed by atoms with van der Waals surface area (Å²) >= 11 is 0. The fraction of sp³-hybridized carbons (Fsp3) is 0.600. The molecule has 2 rings (SSSR count). The number of anilines is 1. The van der Waals surface area contributed by atoms with Gasteiger partial charge in [-0.25, -0.2) is 8.42 Å². The van der Waals surface area contributed by atoms with E-state index in [1.165, 1.54) is 5.56 Å². The first-order chi connectivity index (χ1) is 9.43. The first-order valence-corrected chi connectivity index (χ1v) is 9.02. The van der Waals surface area contributed by atoms with Crippen molar-refractivity contribution in [1.29, 1.82) is 0 Å². The van der Waals surface area contributed by atoms with E-state index >= 15 is 0 Å². The van der Waals surface area contributed by atoms with Crippen LogP contribution in [0.25, 0.3) is 0 Å². The molecule has 112 valence electrons. The zero-order valence-electron chi connectivity index (χ0n) is 12.2. The molecule has 0 aromatic heterocycles. The van der Waals surface area contributed by atoms with E-state index in [1.807, 2.05) is 19.2 Å². The van der Waals surface area contributed by atoms with Crippen molar-refractivity contribution in [3.8, 4) is 0 Å². The fourth-order valence-electron chi connectivity index (χ4n) is 2.73. The number of hydrogen-bond donors (Lipinski definition) is 1. The smallest absolute Gasteiger partial charge is 0.152 e. The van der Waals surface area contributed by atoms with Crippen molar-refractivity contribution in [3.63, 3.8) is 0 Å². The van der Waals surface area contributed by atoms with E-state index in [1.54, 1.807) is 0 Å². The summed E-state index contributed by atoms with van der Waals surface area (Å²) in [5, 5.41) is 0. The number of nitrogens with two attached hydrogens (primary N) is 1. The first-order valence-electron chi connectivity index (χ1n) is 7.19. The number of benzene rings is 1. The first kappa shape index (κ1) is 15.3. The SMILES string of the molecule is CCC(N)Cc1ccccc1N(C)C1CCS(=O)(=O)C1. The van der Waals surface area contributed by atoms with Crippen molar-refractivity contribution in [3.05, 3.63) is 29.8 Å². The topological polar surface area (TPSA) is 63.4 Å². The molecular formula is C15H24N2O2S. The monoisotopic (exact) mass is 296 g/mol. The highest BCUT2D eigenvalue weighted by Crippen LogP contribution is 2.26. The summed E-state index contributed by atoms with van der Waals surface area (Å²) < 4.78 is 23.3. The van der Waals surface area contributed by atoms with Gasteiger partial charge in [-0.05, 0) is 30.9 Å². The molecule has 2 N–H and O–H groups in total. The van der Waals surface area contributed by atoms with Crippen LogP contribution in [0.2, 0.25) is 0 Å². The molecule has 0 amide bonds. The molecule has 2 atom stereocenters. The van der Waals surface area contributed by atoms with Gasteiger partial charge in [0.05, 0.1) is 11.5 Å². The van der Waals surface area contributed by atoms with E-state index in [-0.39, 0.29) is 17.8 Å². The van der Waals surface area contributed by atoms with Gasteiger partial charge in [-0.3, -0.25) is 0 Å². The quantitative estimate of drug-likeness (QED) is 0.896. The van der Waals surface area contributed by atoms with Crippen LogP contribution in [0, 0.1) is 0 Å². The Kier molecular flexibility index (Phi) is 4.70. The fourth-order valence-corrected chi connectivity index (χ4v) is 4.51. The van der Waals surface area contributed by atoms with Crippen LogP contribution in [0.5, 0.6) is 0 Å². The lowest BCUT2D eigenvalue weighted by atomic mass is 10.0. The number of sulfone groups is 1. The molecule has 20 heavy (non-hydrogen) atoms. The van der Waals surface area contributed by atoms with Crippen molar-refractivity contribution >= 4 is 15.5 Å². The molecule has 0 radical (unpaired) electrons. The molecule has 1 saturated heterocycles. The molecule has 1 heterocycles. The second kappa shape index (κ2) is 6.14. The lowest BCUT2D eigenvalue weighted by Gasteiger charge is -2.28. The second-order valence-corrected chi connectivity index (χ2v) is 7.90. The maximum Gasteiger partial charge on any atom is 0.152 e. The van der Waals surface area contributed by atoms with E-state index in [0.717, 1.165) is 18.5 Å². The van der Waals surface area contributed by atoms with E-state index in [2.05, 4.69) is 24.0 Å². The van der Waals surface area contributed by atoms with Crippen molar-refractivity contribution in [2.45, 2.75) is 38.3 Å². The van der Waals surface area contributed by atoms with Gasteiger partial charge in [0.15, 0.2) is 9.84 Å². The van der Waals surface area contributed by atoms with Crippen LogP contribution in [0.1, 0.15) is 25.3 Å². The second-order valence-electron chi connectivity index (χ2n) is 5.67. The zero-order chi connectivity index (χ0) is 14.8. The van der Waals surface area contributed by atoms with Crippen LogP contribution in [0.4, 0.5) is 5.69 Å². The minimum atomic E-state index is -2.86. The van der Waals surface area contributed by atoms with Crippen LogP contribution in [0.3, 0.4) is 0 Å². The van der Waals surface area contributed by atoms with Crippen molar-refractivity contribution < 1.29 is 8.42 Å². The Balaban J connectivity index is 2.19. The van der Waals surface area contributed by atoms with E-state index in [0.29, 0.717) is 12.2 Å². The minimum absolute atomic E-state index is 0.0824. The summed E-state index contributed by atoms with van der Waals surface area (Å²) in [6.07, 6.45) is 2.49. The molecule has 2 unspecified atom stereocenters. The number of nitrogens with zero attached hydrogens (tertiary/aromatic N) is 1. The molecular weight excluding hydrogens is 272 g/mol. The third kappa shape index (κ3) is 3.52. The Morgan fingerprint density at radius 2 is 2.10 bits per heavy atom. The number of rotatable bonds is 5. The van der Waals surface area contributed by atoms with Gasteiger partial charge in [0.25, 0.3) is 0 Å². The largest absolute Gasteiger partial charge is 0.370 e. The van der Waals surface area contributed by atoms with Crippen LogP contribution >= 0.6 is 0 Å².